The highest BCUT2D eigenvalue weighted by Crippen LogP contribution is 2.17. The molecule has 0 aromatic rings. The molecule has 0 aromatic carbocycles. The average molecular weight is 189 g/mol. The van der Waals surface area contributed by atoms with E-state index in [4.69, 9.17) is 14.6 Å². The number of ether oxygens (including phenoxy) is 1. The van der Waals surface area contributed by atoms with Gasteiger partial charge in [0, 0.05) is 25.2 Å². The lowest BCUT2D eigenvalue weighted by atomic mass is 9.91. The SMILES string of the molecule is [2H]C([2H])([2H])OCC(C)N[C@H]1CC[C@H](N)CC1. The van der Waals surface area contributed by atoms with Gasteiger partial charge in [0.1, 0.15) is 0 Å². The van der Waals surface area contributed by atoms with E-state index in [1.807, 2.05) is 6.92 Å². The van der Waals surface area contributed by atoms with Gasteiger partial charge in [0.15, 0.2) is 0 Å². The molecule has 0 heterocycles. The molecule has 3 nitrogen and oxygen atoms in total. The predicted octanol–water partition coefficient (Wildman–Crippen LogP) is 0.881. The molecule has 1 fully saturated rings. The van der Waals surface area contributed by atoms with Gasteiger partial charge in [-0.05, 0) is 32.6 Å². The first-order valence-corrected chi connectivity index (χ1v) is 5.02. The Morgan fingerprint density at radius 1 is 1.54 bits per heavy atom. The number of rotatable bonds is 4. The van der Waals surface area contributed by atoms with Crippen LogP contribution >= 0.6 is 0 Å². The van der Waals surface area contributed by atoms with Crippen LogP contribution in [0.25, 0.3) is 0 Å². The minimum absolute atomic E-state index is 0.0692. The van der Waals surface area contributed by atoms with Crippen LogP contribution in [0.15, 0.2) is 0 Å². The van der Waals surface area contributed by atoms with E-state index in [-0.39, 0.29) is 12.6 Å². The van der Waals surface area contributed by atoms with Gasteiger partial charge in [0.05, 0.1) is 10.7 Å². The van der Waals surface area contributed by atoms with Crippen molar-refractivity contribution < 1.29 is 8.85 Å². The van der Waals surface area contributed by atoms with Crippen molar-refractivity contribution >= 4 is 0 Å². The molecule has 1 saturated carbocycles. The van der Waals surface area contributed by atoms with Crippen LogP contribution < -0.4 is 11.1 Å². The lowest BCUT2D eigenvalue weighted by Gasteiger charge is -2.29. The van der Waals surface area contributed by atoms with Gasteiger partial charge in [-0.3, -0.25) is 0 Å². The maximum atomic E-state index is 6.94. The normalized spacial score (nSPS) is 36.0. The number of methoxy groups -OCH3 is 1. The Morgan fingerprint density at radius 3 is 2.85 bits per heavy atom. The second-order valence-corrected chi connectivity index (χ2v) is 3.99. The minimum Gasteiger partial charge on any atom is -0.383 e. The predicted molar refractivity (Wildman–Crippen MR) is 54.7 cm³/mol. The molecule has 0 saturated heterocycles. The Morgan fingerprint density at radius 2 is 2.23 bits per heavy atom. The molecule has 3 N–H and O–H groups in total. The smallest absolute Gasteiger partial charge is 0.0613 e. The lowest BCUT2D eigenvalue weighted by molar-refractivity contribution is 0.161. The number of nitrogens with two attached hydrogens (primary N) is 1. The summed E-state index contributed by atoms with van der Waals surface area (Å²) in [6.45, 7) is 2.17. The van der Waals surface area contributed by atoms with Crippen molar-refractivity contribution in [3.8, 4) is 0 Å². The largest absolute Gasteiger partial charge is 0.383 e. The highest BCUT2D eigenvalue weighted by molar-refractivity contribution is 4.80. The van der Waals surface area contributed by atoms with Crippen molar-refractivity contribution in [3.63, 3.8) is 0 Å². The zero-order valence-electron chi connectivity index (χ0n) is 11.3. The molecule has 3 heteroatoms. The van der Waals surface area contributed by atoms with E-state index >= 15 is 0 Å². The first kappa shape index (κ1) is 7.21. The summed E-state index contributed by atoms with van der Waals surface area (Å²) in [7, 11) is -2.29. The molecule has 1 unspecified atom stereocenters. The molecule has 0 bridgehead atoms. The van der Waals surface area contributed by atoms with E-state index in [1.54, 1.807) is 0 Å². The van der Waals surface area contributed by atoms with E-state index in [2.05, 4.69) is 5.32 Å². The third kappa shape index (κ3) is 4.07. The van der Waals surface area contributed by atoms with Gasteiger partial charge >= 0.3 is 0 Å². The molecule has 1 rings (SSSR count). The van der Waals surface area contributed by atoms with Crippen molar-refractivity contribution in [2.24, 2.45) is 5.73 Å². The van der Waals surface area contributed by atoms with Crippen LogP contribution in [0.4, 0.5) is 0 Å². The van der Waals surface area contributed by atoms with E-state index in [9.17, 15) is 0 Å². The van der Waals surface area contributed by atoms with Gasteiger partial charge in [0.25, 0.3) is 0 Å². The van der Waals surface area contributed by atoms with Crippen molar-refractivity contribution in [3.05, 3.63) is 0 Å². The second kappa shape index (κ2) is 5.58. The summed E-state index contributed by atoms with van der Waals surface area (Å²) in [6.07, 6.45) is 4.23. The summed E-state index contributed by atoms with van der Waals surface area (Å²) >= 11 is 0. The number of nitrogens with one attached hydrogen (secondary N) is 1. The molecule has 13 heavy (non-hydrogen) atoms. The van der Waals surface area contributed by atoms with Crippen LogP contribution in [0.5, 0.6) is 0 Å². The molecular formula is C10H22N2O. The zero-order chi connectivity index (χ0) is 12.2. The maximum absolute atomic E-state index is 6.94. The van der Waals surface area contributed by atoms with Crippen LogP contribution in [0.2, 0.25) is 0 Å². The first-order chi connectivity index (χ1) is 7.37. The number of hydrogen-bond acceptors (Lipinski definition) is 3. The van der Waals surface area contributed by atoms with Gasteiger partial charge in [-0.2, -0.15) is 0 Å². The summed E-state index contributed by atoms with van der Waals surface area (Å²) < 4.78 is 25.6. The quantitative estimate of drug-likeness (QED) is 0.690. The second-order valence-electron chi connectivity index (χ2n) is 3.99. The fourth-order valence-electron chi connectivity index (χ4n) is 1.86. The average Bonchev–Trinajstić information content (AvgIpc) is 2.18. The summed E-state index contributed by atoms with van der Waals surface area (Å²) in [4.78, 5) is 0. The van der Waals surface area contributed by atoms with Gasteiger partial charge in [-0.15, -0.1) is 0 Å². The maximum Gasteiger partial charge on any atom is 0.0613 e. The standard InChI is InChI=1S/C10H22N2O/c1-8(7-13-2)12-10-5-3-9(11)4-6-10/h8-10,12H,3-7,11H2,1-2H3/t8?,9-,10-/i2D3. The van der Waals surface area contributed by atoms with E-state index in [1.165, 1.54) is 0 Å². The van der Waals surface area contributed by atoms with Crippen LogP contribution in [-0.2, 0) is 4.74 Å². The summed E-state index contributed by atoms with van der Waals surface area (Å²) in [5, 5.41) is 3.38. The van der Waals surface area contributed by atoms with Crippen molar-refractivity contribution in [2.45, 2.75) is 50.7 Å². The van der Waals surface area contributed by atoms with Crippen molar-refractivity contribution in [2.75, 3.05) is 13.6 Å². The fraction of sp³-hybridized carbons (Fsp3) is 1.00. The first-order valence-electron chi connectivity index (χ1n) is 6.52. The Labute approximate surface area is 85.2 Å². The highest BCUT2D eigenvalue weighted by atomic mass is 16.5. The molecule has 1 aliphatic rings. The Hall–Kier alpha value is -0.120. The highest BCUT2D eigenvalue weighted by Gasteiger charge is 2.19. The molecule has 1 aliphatic carbocycles. The van der Waals surface area contributed by atoms with E-state index < -0.39 is 7.04 Å². The summed E-state index contributed by atoms with van der Waals surface area (Å²) in [6, 6.07) is 0.863. The number of hydrogen-bond donors (Lipinski definition) is 2. The van der Waals surface area contributed by atoms with Crippen LogP contribution in [0.1, 0.15) is 36.7 Å². The van der Waals surface area contributed by atoms with Gasteiger partial charge < -0.3 is 15.8 Å². The van der Waals surface area contributed by atoms with Gasteiger partial charge in [-0.1, -0.05) is 0 Å². The molecular weight excluding hydrogens is 164 g/mol. The molecule has 1 atom stereocenters. The molecule has 0 spiro atoms. The third-order valence-electron chi connectivity index (χ3n) is 2.63. The van der Waals surface area contributed by atoms with Crippen molar-refractivity contribution in [1.82, 2.24) is 5.32 Å². The van der Waals surface area contributed by atoms with Gasteiger partial charge in [-0.25, -0.2) is 0 Å². The Kier molecular flexibility index (Phi) is 3.09. The summed E-state index contributed by atoms with van der Waals surface area (Å²) in [5.41, 5.74) is 5.82. The third-order valence-corrected chi connectivity index (χ3v) is 2.63. The van der Waals surface area contributed by atoms with Crippen molar-refractivity contribution in [1.29, 1.82) is 0 Å². The zero-order valence-corrected chi connectivity index (χ0v) is 8.25. The topological polar surface area (TPSA) is 47.3 Å². The fourth-order valence-corrected chi connectivity index (χ4v) is 1.86. The Bertz CT molecular complexity index is 203. The molecule has 0 amide bonds. The van der Waals surface area contributed by atoms with Gasteiger partial charge in [0.2, 0.25) is 0 Å². The van der Waals surface area contributed by atoms with Crippen LogP contribution in [0.3, 0.4) is 0 Å². The van der Waals surface area contributed by atoms with Crippen LogP contribution in [-0.4, -0.2) is 31.8 Å². The monoisotopic (exact) mass is 189 g/mol. The molecule has 0 aliphatic heterocycles. The van der Waals surface area contributed by atoms with E-state index in [0.717, 1.165) is 25.7 Å². The molecule has 0 radical (unpaired) electrons. The molecule has 78 valence electrons. The molecule has 0 aromatic heterocycles. The lowest BCUT2D eigenvalue weighted by Crippen LogP contribution is -2.43. The van der Waals surface area contributed by atoms with Crippen LogP contribution in [0, 0.1) is 0 Å². The Balaban J connectivity index is 2.16. The minimum atomic E-state index is -2.29. The summed E-state index contributed by atoms with van der Waals surface area (Å²) in [5.74, 6) is 0. The van der Waals surface area contributed by atoms with E-state index in [0.29, 0.717) is 12.1 Å².